The number of fused-ring (bicyclic) bond motifs is 1. The van der Waals surface area contributed by atoms with Crippen LogP contribution in [0, 0.1) is 5.82 Å². The Morgan fingerprint density at radius 1 is 1.21 bits per heavy atom. The Hall–Kier alpha value is -3.42. The van der Waals surface area contributed by atoms with Gasteiger partial charge in [0.1, 0.15) is 18.1 Å². The van der Waals surface area contributed by atoms with Crippen molar-refractivity contribution in [2.45, 2.75) is 13.5 Å². The van der Waals surface area contributed by atoms with Gasteiger partial charge in [0.15, 0.2) is 13.2 Å². The number of amides is 2. The molecule has 1 aliphatic rings. The highest BCUT2D eigenvalue weighted by molar-refractivity contribution is 6.01. The minimum Gasteiger partial charge on any atom is -0.482 e. The molecule has 152 valence electrons. The highest BCUT2D eigenvalue weighted by Crippen LogP contribution is 2.31. The third-order valence-electron chi connectivity index (χ3n) is 4.45. The molecule has 0 fully saturated rings. The molecule has 0 radical (unpaired) electrons. The monoisotopic (exact) mass is 400 g/mol. The number of hydrogen-bond acceptors (Lipinski definition) is 5. The first-order chi connectivity index (χ1) is 14.0. The molecule has 0 bridgehead atoms. The molecule has 1 heterocycles. The molecule has 29 heavy (non-hydrogen) atoms. The summed E-state index contributed by atoms with van der Waals surface area (Å²) >= 11 is 0. The number of likely N-dealkylation sites (N-methyl/N-ethyl adjacent to an activating group) is 1. The van der Waals surface area contributed by atoms with Gasteiger partial charge in [-0.1, -0.05) is 24.3 Å². The smallest absolute Gasteiger partial charge is 0.326 e. The van der Waals surface area contributed by atoms with Crippen molar-refractivity contribution in [3.05, 3.63) is 59.9 Å². The van der Waals surface area contributed by atoms with E-state index in [0.717, 1.165) is 0 Å². The zero-order valence-electron chi connectivity index (χ0n) is 16.0. The van der Waals surface area contributed by atoms with Crippen molar-refractivity contribution in [1.82, 2.24) is 4.90 Å². The molecular weight excluding hydrogens is 379 g/mol. The molecule has 2 amide bonds. The maximum Gasteiger partial charge on any atom is 0.326 e. The summed E-state index contributed by atoms with van der Waals surface area (Å²) in [6, 6.07) is 12.8. The Balaban J connectivity index is 1.56. The molecule has 1 aliphatic heterocycles. The fourth-order valence-electron chi connectivity index (χ4n) is 2.97. The van der Waals surface area contributed by atoms with Crippen molar-refractivity contribution >= 4 is 23.5 Å². The molecule has 0 unspecified atom stereocenters. The molecule has 0 saturated heterocycles. The van der Waals surface area contributed by atoms with Gasteiger partial charge in [0, 0.05) is 13.1 Å². The van der Waals surface area contributed by atoms with Crippen LogP contribution in [-0.2, 0) is 25.7 Å². The molecule has 7 nitrogen and oxygen atoms in total. The molecular formula is C21H21FN2O5. The number of ether oxygens (including phenoxy) is 2. The van der Waals surface area contributed by atoms with E-state index >= 15 is 0 Å². The molecule has 0 N–H and O–H groups in total. The maximum absolute atomic E-state index is 13.3. The van der Waals surface area contributed by atoms with Crippen molar-refractivity contribution < 1.29 is 28.2 Å². The van der Waals surface area contributed by atoms with Crippen LogP contribution in [0.3, 0.4) is 0 Å². The largest absolute Gasteiger partial charge is 0.482 e. The lowest BCUT2D eigenvalue weighted by molar-refractivity contribution is -0.151. The summed E-state index contributed by atoms with van der Waals surface area (Å²) in [5.41, 5.74) is 1.12. The van der Waals surface area contributed by atoms with E-state index in [1.165, 1.54) is 21.9 Å². The quantitative estimate of drug-likeness (QED) is 0.666. The SMILES string of the molecule is CCN(Cc1cccc(F)c1)C(=O)COC(=O)CN1C(=O)COc2ccccc21. The van der Waals surface area contributed by atoms with Gasteiger partial charge in [0.25, 0.3) is 11.8 Å². The van der Waals surface area contributed by atoms with Crippen molar-refractivity contribution in [2.75, 3.05) is 31.2 Å². The van der Waals surface area contributed by atoms with Crippen LogP contribution in [0.1, 0.15) is 12.5 Å². The third-order valence-corrected chi connectivity index (χ3v) is 4.45. The van der Waals surface area contributed by atoms with Crippen molar-refractivity contribution in [3.63, 3.8) is 0 Å². The second-order valence-electron chi connectivity index (χ2n) is 6.43. The topological polar surface area (TPSA) is 76.2 Å². The highest BCUT2D eigenvalue weighted by Gasteiger charge is 2.28. The van der Waals surface area contributed by atoms with Crippen LogP contribution in [0.5, 0.6) is 5.75 Å². The van der Waals surface area contributed by atoms with E-state index in [-0.39, 0.29) is 31.4 Å². The molecule has 0 aliphatic carbocycles. The van der Waals surface area contributed by atoms with Gasteiger partial charge in [0.2, 0.25) is 0 Å². The summed E-state index contributed by atoms with van der Waals surface area (Å²) < 4.78 is 23.7. The summed E-state index contributed by atoms with van der Waals surface area (Å²) in [7, 11) is 0. The average molecular weight is 400 g/mol. The standard InChI is InChI=1S/C21H21FN2O5/c1-2-23(11-15-6-5-7-16(22)10-15)19(25)13-29-21(27)12-24-17-8-3-4-9-18(17)28-14-20(24)26/h3-10H,2,11-14H2,1H3. The molecule has 3 rings (SSSR count). The third kappa shape index (κ3) is 5.10. The lowest BCUT2D eigenvalue weighted by Gasteiger charge is -2.28. The number of nitrogens with zero attached hydrogens (tertiary/aromatic N) is 2. The van der Waals surface area contributed by atoms with Crippen LogP contribution in [0.15, 0.2) is 48.5 Å². The lowest BCUT2D eigenvalue weighted by atomic mass is 10.2. The van der Waals surface area contributed by atoms with E-state index < -0.39 is 18.5 Å². The van der Waals surface area contributed by atoms with E-state index in [1.807, 2.05) is 0 Å². The second kappa shape index (κ2) is 9.18. The molecule has 0 spiro atoms. The Morgan fingerprint density at radius 3 is 2.76 bits per heavy atom. The van der Waals surface area contributed by atoms with E-state index in [9.17, 15) is 18.8 Å². The van der Waals surface area contributed by atoms with Gasteiger partial charge < -0.3 is 14.4 Å². The molecule has 0 atom stereocenters. The highest BCUT2D eigenvalue weighted by atomic mass is 19.1. The van der Waals surface area contributed by atoms with Crippen LogP contribution in [-0.4, -0.2) is 49.0 Å². The molecule has 8 heteroatoms. The Bertz CT molecular complexity index is 917. The van der Waals surface area contributed by atoms with Crippen LogP contribution >= 0.6 is 0 Å². The fourth-order valence-corrected chi connectivity index (χ4v) is 2.97. The predicted molar refractivity (Wildman–Crippen MR) is 103 cm³/mol. The van der Waals surface area contributed by atoms with Crippen LogP contribution in [0.2, 0.25) is 0 Å². The average Bonchev–Trinajstić information content (AvgIpc) is 2.72. The van der Waals surface area contributed by atoms with E-state index in [0.29, 0.717) is 23.5 Å². The van der Waals surface area contributed by atoms with E-state index in [4.69, 9.17) is 9.47 Å². The van der Waals surface area contributed by atoms with Gasteiger partial charge in [-0.2, -0.15) is 0 Å². The summed E-state index contributed by atoms with van der Waals surface area (Å²) in [6.07, 6.45) is 0. The zero-order chi connectivity index (χ0) is 20.8. The second-order valence-corrected chi connectivity index (χ2v) is 6.43. The fraction of sp³-hybridized carbons (Fsp3) is 0.286. The van der Waals surface area contributed by atoms with Gasteiger partial charge in [-0.25, -0.2) is 4.39 Å². The number of hydrogen-bond donors (Lipinski definition) is 0. The summed E-state index contributed by atoms with van der Waals surface area (Å²) in [4.78, 5) is 39.4. The Morgan fingerprint density at radius 2 is 2.00 bits per heavy atom. The number of para-hydroxylation sites is 2. The number of benzene rings is 2. The lowest BCUT2D eigenvalue weighted by Crippen LogP contribution is -2.43. The van der Waals surface area contributed by atoms with Crippen LogP contribution in [0.4, 0.5) is 10.1 Å². The number of carbonyl (C=O) groups is 3. The van der Waals surface area contributed by atoms with Crippen molar-refractivity contribution in [3.8, 4) is 5.75 Å². The first-order valence-corrected chi connectivity index (χ1v) is 9.18. The molecule has 0 saturated carbocycles. The van der Waals surface area contributed by atoms with Crippen molar-refractivity contribution in [2.24, 2.45) is 0 Å². The summed E-state index contributed by atoms with van der Waals surface area (Å²) in [5.74, 6) is -1.35. The Labute approximate surface area is 167 Å². The number of rotatable bonds is 7. The van der Waals surface area contributed by atoms with E-state index in [1.54, 1.807) is 43.3 Å². The first-order valence-electron chi connectivity index (χ1n) is 9.18. The van der Waals surface area contributed by atoms with Gasteiger partial charge in [-0.3, -0.25) is 19.3 Å². The summed E-state index contributed by atoms with van der Waals surface area (Å²) in [6.45, 7) is 1.43. The van der Waals surface area contributed by atoms with Crippen molar-refractivity contribution in [1.29, 1.82) is 0 Å². The maximum atomic E-state index is 13.3. The zero-order valence-corrected chi connectivity index (χ0v) is 16.0. The molecule has 2 aromatic carbocycles. The molecule has 0 aromatic heterocycles. The van der Waals surface area contributed by atoms with Crippen LogP contribution < -0.4 is 9.64 Å². The van der Waals surface area contributed by atoms with Gasteiger partial charge in [0.05, 0.1) is 5.69 Å². The number of halogens is 1. The number of anilines is 1. The molecule has 2 aromatic rings. The van der Waals surface area contributed by atoms with Crippen LogP contribution in [0.25, 0.3) is 0 Å². The first kappa shape index (κ1) is 20.3. The van der Waals surface area contributed by atoms with Gasteiger partial charge in [-0.15, -0.1) is 0 Å². The van der Waals surface area contributed by atoms with E-state index in [2.05, 4.69) is 0 Å². The van der Waals surface area contributed by atoms with Gasteiger partial charge >= 0.3 is 5.97 Å². The number of carbonyl (C=O) groups excluding carboxylic acids is 3. The predicted octanol–water partition coefficient (Wildman–Crippen LogP) is 2.14. The Kier molecular flexibility index (Phi) is 6.43. The summed E-state index contributed by atoms with van der Waals surface area (Å²) in [5, 5.41) is 0. The normalized spacial score (nSPS) is 12.8. The minimum absolute atomic E-state index is 0.166. The minimum atomic E-state index is -0.704. The van der Waals surface area contributed by atoms with Gasteiger partial charge in [-0.05, 0) is 36.8 Å². The number of esters is 1.